The maximum atomic E-state index is 13.7. The number of hydrogen-bond acceptors (Lipinski definition) is 10. The Bertz CT molecular complexity index is 1170. The number of ketones is 2. The number of hydrogen-bond donors (Lipinski definition) is 6. The van der Waals surface area contributed by atoms with Gasteiger partial charge in [-0.2, -0.15) is 0 Å². The highest BCUT2D eigenvalue weighted by molar-refractivity contribution is 6.19. The Balaban J connectivity index is 1.40. The molecule has 1 saturated heterocycles. The van der Waals surface area contributed by atoms with Crippen LogP contribution in [-0.2, 0) is 4.74 Å². The number of Topliss-reactive ketones (excluding diaryl/α,β-unsaturated/α-hetero) is 2. The Kier molecular flexibility index (Phi) is 8.75. The smallest absolute Gasteiger partial charge is 0.229 e. The number of aliphatic hydroxyl groups excluding tert-OH is 6. The standard InChI is InChI=1S/C30H38O10/c31-10-4-7-16-5-1-2-6-17(16)11-15-12-19-23(20(33)13-15)27(36)24-18(25(19)34)8-3-9-21(24)39-30-29(38)28(37)26(35)22(14-32)40-30/h3,8-9,12-13,16-17,19,22-23,26,28-33,35,37-38H,1-2,4-7,10-11,14H2. The fraction of sp³-hybridized carbons (Fsp3) is 0.600. The second-order valence-electron chi connectivity index (χ2n) is 11.4. The van der Waals surface area contributed by atoms with Gasteiger partial charge in [-0.15, -0.1) is 0 Å². The number of ether oxygens (including phenoxy) is 2. The number of aliphatic hydroxyl groups is 6. The van der Waals surface area contributed by atoms with Gasteiger partial charge >= 0.3 is 0 Å². The molecule has 0 amide bonds. The number of carbonyl (C=O) groups is 2. The van der Waals surface area contributed by atoms with Crippen LogP contribution < -0.4 is 4.74 Å². The summed E-state index contributed by atoms with van der Waals surface area (Å²) in [6.45, 7) is -0.482. The van der Waals surface area contributed by atoms with Crippen LogP contribution in [0.2, 0.25) is 0 Å². The number of benzene rings is 1. The minimum absolute atomic E-state index is 0.0566. The van der Waals surface area contributed by atoms with E-state index in [2.05, 4.69) is 0 Å². The predicted molar refractivity (Wildman–Crippen MR) is 142 cm³/mol. The van der Waals surface area contributed by atoms with Crippen molar-refractivity contribution >= 4 is 11.6 Å². The number of rotatable bonds is 8. The van der Waals surface area contributed by atoms with E-state index in [1.807, 2.05) is 0 Å². The minimum atomic E-state index is -1.69. The van der Waals surface area contributed by atoms with E-state index in [4.69, 9.17) is 9.47 Å². The molecule has 5 rings (SSSR count). The molecule has 2 fully saturated rings. The van der Waals surface area contributed by atoms with Crippen LogP contribution in [-0.4, -0.2) is 86.1 Å². The minimum Gasteiger partial charge on any atom is -0.511 e. The average Bonchev–Trinajstić information content (AvgIpc) is 2.95. The van der Waals surface area contributed by atoms with Gasteiger partial charge in [-0.1, -0.05) is 37.5 Å². The highest BCUT2D eigenvalue weighted by Gasteiger charge is 2.48. The summed E-state index contributed by atoms with van der Waals surface area (Å²) in [5.41, 5.74) is 0.897. The Morgan fingerprint density at radius 1 is 0.950 bits per heavy atom. The fourth-order valence-corrected chi connectivity index (χ4v) is 6.79. The van der Waals surface area contributed by atoms with Gasteiger partial charge in [0.05, 0.1) is 24.0 Å². The van der Waals surface area contributed by atoms with E-state index in [1.54, 1.807) is 12.2 Å². The number of fused-ring (bicyclic) bond motifs is 2. The molecule has 9 unspecified atom stereocenters. The Morgan fingerprint density at radius 2 is 1.70 bits per heavy atom. The van der Waals surface area contributed by atoms with Crippen LogP contribution in [0.1, 0.15) is 65.7 Å². The molecule has 1 saturated carbocycles. The van der Waals surface area contributed by atoms with Crippen molar-refractivity contribution in [1.29, 1.82) is 0 Å². The monoisotopic (exact) mass is 558 g/mol. The van der Waals surface area contributed by atoms with E-state index >= 15 is 0 Å². The summed E-state index contributed by atoms with van der Waals surface area (Å²) in [5.74, 6) is -2.22. The quantitative estimate of drug-likeness (QED) is 0.276. The van der Waals surface area contributed by atoms with Gasteiger partial charge in [0.25, 0.3) is 0 Å². The third-order valence-electron chi connectivity index (χ3n) is 8.92. The van der Waals surface area contributed by atoms with Gasteiger partial charge < -0.3 is 40.1 Å². The molecule has 0 aromatic heterocycles. The van der Waals surface area contributed by atoms with Gasteiger partial charge in [0, 0.05) is 12.2 Å². The van der Waals surface area contributed by atoms with Gasteiger partial charge in [-0.05, 0) is 55.2 Å². The summed E-state index contributed by atoms with van der Waals surface area (Å²) in [7, 11) is 0. The summed E-state index contributed by atoms with van der Waals surface area (Å²) < 4.78 is 11.2. The largest absolute Gasteiger partial charge is 0.511 e. The van der Waals surface area contributed by atoms with Crippen LogP contribution in [0.15, 0.2) is 41.7 Å². The molecule has 0 radical (unpaired) electrons. The molecule has 4 aliphatic rings. The molecule has 6 N–H and O–H groups in total. The lowest BCUT2D eigenvalue weighted by molar-refractivity contribution is -0.277. The molecule has 40 heavy (non-hydrogen) atoms. The topological polar surface area (TPSA) is 174 Å². The normalized spacial score (nSPS) is 35.9. The molecular formula is C30H38O10. The lowest BCUT2D eigenvalue weighted by atomic mass is 9.68. The molecule has 1 aliphatic heterocycles. The van der Waals surface area contributed by atoms with Gasteiger partial charge in [0.2, 0.25) is 6.29 Å². The summed E-state index contributed by atoms with van der Waals surface area (Å²) in [4.78, 5) is 27.4. The zero-order valence-corrected chi connectivity index (χ0v) is 22.3. The second-order valence-corrected chi connectivity index (χ2v) is 11.4. The van der Waals surface area contributed by atoms with Crippen LogP contribution in [0.4, 0.5) is 0 Å². The molecule has 3 aliphatic carbocycles. The van der Waals surface area contributed by atoms with Crippen molar-refractivity contribution in [3.05, 3.63) is 52.8 Å². The lowest BCUT2D eigenvalue weighted by Gasteiger charge is -2.40. The van der Waals surface area contributed by atoms with Crippen molar-refractivity contribution < 1.29 is 49.7 Å². The number of allylic oxidation sites excluding steroid dienone is 4. The summed E-state index contributed by atoms with van der Waals surface area (Å²) in [5, 5.41) is 60.4. The van der Waals surface area contributed by atoms with Crippen molar-refractivity contribution in [2.45, 2.75) is 75.7 Å². The first-order valence-electron chi connectivity index (χ1n) is 14.2. The molecule has 1 aromatic rings. The molecule has 0 spiro atoms. The molecule has 10 heteroatoms. The van der Waals surface area contributed by atoms with Gasteiger partial charge in [0.15, 0.2) is 11.6 Å². The molecule has 9 atom stereocenters. The van der Waals surface area contributed by atoms with Gasteiger partial charge in [-0.25, -0.2) is 0 Å². The van der Waals surface area contributed by atoms with E-state index in [9.17, 15) is 40.2 Å². The first-order valence-corrected chi connectivity index (χ1v) is 14.2. The summed E-state index contributed by atoms with van der Waals surface area (Å²) in [6, 6.07) is 4.47. The third kappa shape index (κ3) is 5.36. The first-order chi connectivity index (χ1) is 19.2. The van der Waals surface area contributed by atoms with Gasteiger partial charge in [-0.3, -0.25) is 9.59 Å². The van der Waals surface area contributed by atoms with Crippen LogP contribution in [0, 0.1) is 23.7 Å². The van der Waals surface area contributed by atoms with Crippen molar-refractivity contribution in [3.8, 4) is 5.75 Å². The van der Waals surface area contributed by atoms with Crippen molar-refractivity contribution in [1.82, 2.24) is 0 Å². The van der Waals surface area contributed by atoms with Crippen molar-refractivity contribution in [2.24, 2.45) is 23.7 Å². The Hall–Kier alpha value is -2.60. The summed E-state index contributed by atoms with van der Waals surface area (Å²) in [6.07, 6.45) is 2.55. The Morgan fingerprint density at radius 3 is 2.42 bits per heavy atom. The van der Waals surface area contributed by atoms with E-state index in [-0.39, 0.29) is 35.0 Å². The van der Waals surface area contributed by atoms with Crippen LogP contribution in [0.5, 0.6) is 5.75 Å². The van der Waals surface area contributed by atoms with Crippen molar-refractivity contribution in [2.75, 3.05) is 13.2 Å². The number of carbonyl (C=O) groups excluding carboxylic acids is 2. The second kappa shape index (κ2) is 12.1. The average molecular weight is 559 g/mol. The predicted octanol–water partition coefficient (Wildman–Crippen LogP) is 1.83. The van der Waals surface area contributed by atoms with E-state index < -0.39 is 54.9 Å². The van der Waals surface area contributed by atoms with E-state index in [1.165, 1.54) is 18.2 Å². The zero-order valence-electron chi connectivity index (χ0n) is 22.3. The molecule has 1 heterocycles. The molecule has 1 aromatic carbocycles. The first kappa shape index (κ1) is 28.9. The van der Waals surface area contributed by atoms with Crippen LogP contribution in [0.25, 0.3) is 0 Å². The lowest BCUT2D eigenvalue weighted by Crippen LogP contribution is -2.60. The van der Waals surface area contributed by atoms with Crippen molar-refractivity contribution in [3.63, 3.8) is 0 Å². The maximum Gasteiger partial charge on any atom is 0.229 e. The fourth-order valence-electron chi connectivity index (χ4n) is 6.79. The molecule has 218 valence electrons. The highest BCUT2D eigenvalue weighted by Crippen LogP contribution is 2.44. The SMILES string of the molecule is O=C1c2cccc(OC3OC(CO)C(O)C(O)C3O)c2C(=O)C2C(O)=CC(CC3CCCCC3CCCO)=CC12. The van der Waals surface area contributed by atoms with Crippen LogP contribution in [0.3, 0.4) is 0 Å². The molecule has 0 bridgehead atoms. The molecule has 10 nitrogen and oxygen atoms in total. The van der Waals surface area contributed by atoms with Crippen LogP contribution >= 0.6 is 0 Å². The van der Waals surface area contributed by atoms with E-state index in [0.717, 1.165) is 44.1 Å². The van der Waals surface area contributed by atoms with E-state index in [0.29, 0.717) is 18.3 Å². The highest BCUT2D eigenvalue weighted by atomic mass is 16.7. The summed E-state index contributed by atoms with van der Waals surface area (Å²) >= 11 is 0. The molecular weight excluding hydrogens is 520 g/mol. The maximum absolute atomic E-state index is 13.7. The third-order valence-corrected chi connectivity index (χ3v) is 8.92. The zero-order chi connectivity index (χ0) is 28.6. The van der Waals surface area contributed by atoms with Gasteiger partial charge in [0.1, 0.15) is 35.9 Å². The Labute approximate surface area is 232 Å².